The maximum absolute atomic E-state index is 12.4. The van der Waals surface area contributed by atoms with Gasteiger partial charge in [0.15, 0.2) is 18.1 Å². The minimum absolute atomic E-state index is 0.178. The summed E-state index contributed by atoms with van der Waals surface area (Å²) in [6.07, 6.45) is 4.32. The first-order valence-electron chi connectivity index (χ1n) is 19.4. The molecule has 1 atom stereocenters. The van der Waals surface area contributed by atoms with Crippen LogP contribution in [0.5, 0.6) is 0 Å². The molecule has 0 bridgehead atoms. The van der Waals surface area contributed by atoms with Crippen LogP contribution in [0.25, 0.3) is 0 Å². The number of carbonyl (C=O) groups excluding carboxylic acids is 2. The Labute approximate surface area is 334 Å². The van der Waals surface area contributed by atoms with Crippen molar-refractivity contribution in [3.8, 4) is 0 Å². The maximum Gasteiger partial charge on any atom is 0.338 e. The zero-order valence-corrected chi connectivity index (χ0v) is 39.3. The van der Waals surface area contributed by atoms with Crippen LogP contribution in [0.3, 0.4) is 0 Å². The molecule has 17 heteroatoms. The van der Waals surface area contributed by atoms with Crippen molar-refractivity contribution in [1.82, 2.24) is 15.0 Å². The highest BCUT2D eigenvalue weighted by Crippen LogP contribution is 2.29. The van der Waals surface area contributed by atoms with E-state index in [1.54, 1.807) is 48.5 Å². The van der Waals surface area contributed by atoms with Gasteiger partial charge in [-0.3, -0.25) is 0 Å². The Bertz CT molecular complexity index is 1570. The highest BCUT2D eigenvalue weighted by molar-refractivity contribution is 6.87. The normalized spacial score (nSPS) is 13.4. The Morgan fingerprint density at radius 1 is 0.673 bits per heavy atom. The predicted molar refractivity (Wildman–Crippen MR) is 232 cm³/mol. The molecule has 3 N–H and O–H groups in total. The van der Waals surface area contributed by atoms with Gasteiger partial charge in [0, 0.05) is 17.9 Å². The Kier molecular flexibility index (Phi) is 17.7. The van der Waals surface area contributed by atoms with Crippen molar-refractivity contribution in [3.63, 3.8) is 0 Å². The summed E-state index contributed by atoms with van der Waals surface area (Å²) in [6.45, 7) is 25.2. The van der Waals surface area contributed by atoms with Crippen LogP contribution in [0.1, 0.15) is 87.4 Å². The fourth-order valence-electron chi connectivity index (χ4n) is 5.31. The van der Waals surface area contributed by atoms with Crippen LogP contribution >= 0.6 is 0 Å². The fourth-order valence-corrected chi connectivity index (χ4v) is 20.7. The first-order valence-corrected chi connectivity index (χ1v) is 29.4. The summed E-state index contributed by atoms with van der Waals surface area (Å²) in [4.78, 5) is 38.8. The number of anilines is 5. The zero-order valence-electron chi connectivity index (χ0n) is 34.9. The molecule has 0 saturated heterocycles. The van der Waals surface area contributed by atoms with Crippen LogP contribution in [0.2, 0.25) is 50.4 Å². The molecule has 1 heterocycles. The number of ether oxygens (including phenoxy) is 2. The van der Waals surface area contributed by atoms with Gasteiger partial charge >= 0.3 is 29.1 Å². The van der Waals surface area contributed by atoms with Crippen molar-refractivity contribution in [2.24, 2.45) is 0 Å². The molecular weight excluding hydrogens is 765 g/mol. The third-order valence-corrected chi connectivity index (χ3v) is 21.1. The quantitative estimate of drug-likeness (QED) is 0.0474. The number of nitrogens with zero attached hydrogens (tertiary/aromatic N) is 3. The summed E-state index contributed by atoms with van der Waals surface area (Å²) < 4.78 is 30.9. The smallest absolute Gasteiger partial charge is 0.338 e. The van der Waals surface area contributed by atoms with E-state index in [4.69, 9.17) is 21.8 Å². The second-order valence-electron chi connectivity index (χ2n) is 16.4. The summed E-state index contributed by atoms with van der Waals surface area (Å²) in [6, 6.07) is 14.7. The van der Waals surface area contributed by atoms with Crippen molar-refractivity contribution in [1.29, 1.82) is 0 Å². The van der Waals surface area contributed by atoms with E-state index in [-0.39, 0.29) is 17.0 Å². The molecule has 1 aromatic heterocycles. The summed E-state index contributed by atoms with van der Waals surface area (Å²) in [5.41, 5.74) is 2.30. The molecule has 0 radical (unpaired) electrons. The van der Waals surface area contributed by atoms with Gasteiger partial charge in [-0.25, -0.2) is 9.59 Å². The lowest BCUT2D eigenvalue weighted by Gasteiger charge is -2.40. The Morgan fingerprint density at radius 2 is 1.13 bits per heavy atom. The molecule has 0 aliphatic carbocycles. The van der Waals surface area contributed by atoms with Gasteiger partial charge in [0.25, 0.3) is 0 Å². The van der Waals surface area contributed by atoms with E-state index >= 15 is 0 Å². The van der Waals surface area contributed by atoms with E-state index in [1.807, 2.05) is 13.8 Å². The van der Waals surface area contributed by atoms with Gasteiger partial charge < -0.3 is 37.8 Å². The van der Waals surface area contributed by atoms with Crippen molar-refractivity contribution in [2.75, 3.05) is 35.7 Å². The summed E-state index contributed by atoms with van der Waals surface area (Å²) in [5, 5.41) is 10.0. The molecule has 0 spiro atoms. The number of esters is 2. The van der Waals surface area contributed by atoms with E-state index in [0.29, 0.717) is 60.1 Å². The Hall–Kier alpha value is -3.46. The summed E-state index contributed by atoms with van der Waals surface area (Å²) in [7, 11) is -7.66. The molecule has 0 saturated carbocycles. The van der Waals surface area contributed by atoms with Crippen molar-refractivity contribution in [2.45, 2.75) is 117 Å². The fraction of sp³-hybridized carbons (Fsp3) is 0.553. The van der Waals surface area contributed by atoms with Crippen molar-refractivity contribution < 1.29 is 31.4 Å². The van der Waals surface area contributed by atoms with Crippen molar-refractivity contribution >= 4 is 76.4 Å². The second-order valence-corrected chi connectivity index (χ2v) is 31.4. The summed E-state index contributed by atoms with van der Waals surface area (Å²) in [5.74, 6) is 0.252. The van der Waals surface area contributed by atoms with Gasteiger partial charge in [-0.2, -0.15) is 15.0 Å². The monoisotopic (exact) mass is 828 g/mol. The first kappa shape index (κ1) is 45.9. The number of rotatable bonds is 23. The number of benzene rings is 2. The molecule has 3 rings (SSSR count). The van der Waals surface area contributed by atoms with E-state index < -0.39 is 35.2 Å². The zero-order chi connectivity index (χ0) is 40.7. The lowest BCUT2D eigenvalue weighted by atomic mass is 10.2. The van der Waals surface area contributed by atoms with Crippen LogP contribution in [-0.4, -0.2) is 81.9 Å². The minimum Gasteiger partial charge on any atom is -0.462 e. The van der Waals surface area contributed by atoms with Gasteiger partial charge in [-0.15, -0.1) is 0 Å². The third kappa shape index (κ3) is 17.9. The van der Waals surface area contributed by atoms with Gasteiger partial charge in [0.2, 0.25) is 17.8 Å². The number of hydrogen-bond acceptors (Lipinski definition) is 13. The molecular formula is C38H64N6O7Si4. The third-order valence-electron chi connectivity index (χ3n) is 7.78. The highest BCUT2D eigenvalue weighted by atomic mass is 28.5. The van der Waals surface area contributed by atoms with E-state index in [0.717, 1.165) is 38.1 Å². The van der Waals surface area contributed by atoms with Crippen LogP contribution < -0.4 is 16.0 Å². The largest absolute Gasteiger partial charge is 0.462 e. The molecule has 0 aliphatic rings. The highest BCUT2D eigenvalue weighted by Gasteiger charge is 2.42. The molecule has 304 valence electrons. The lowest BCUT2D eigenvalue weighted by Crippen LogP contribution is -2.55. The van der Waals surface area contributed by atoms with E-state index in [2.05, 4.69) is 91.0 Å². The molecule has 3 aromatic rings. The number of carbonyl (C=O) groups is 2. The molecule has 0 fully saturated rings. The maximum atomic E-state index is 12.4. The van der Waals surface area contributed by atoms with Crippen LogP contribution in [0.4, 0.5) is 29.2 Å². The molecule has 0 aliphatic heterocycles. The van der Waals surface area contributed by atoms with Gasteiger partial charge in [0.05, 0.1) is 24.3 Å². The topological polar surface area (TPSA) is 155 Å². The average Bonchev–Trinajstić information content (AvgIpc) is 3.09. The van der Waals surface area contributed by atoms with E-state index in [9.17, 15) is 9.59 Å². The number of unbranched alkanes of at least 4 members (excludes halogenated alkanes) is 2. The Balaban J connectivity index is 1.78. The second kappa shape index (κ2) is 21.2. The lowest BCUT2D eigenvalue weighted by molar-refractivity contribution is 0.0490. The average molecular weight is 829 g/mol. The predicted octanol–water partition coefficient (Wildman–Crippen LogP) is 9.04. The number of aromatic nitrogens is 3. The Morgan fingerprint density at radius 3 is 1.55 bits per heavy atom. The SMILES string of the molecule is CCCCOC(=O)c1ccc(Nc2nc(NCCC[Si](C)(O[Si](C)(C)C)O[Si](C)(C)O[SiH2]C(C)(C)C)nc(Nc3ccc(C(=O)OCCCC)cc3)n2)cc1. The van der Waals surface area contributed by atoms with Crippen molar-refractivity contribution in [3.05, 3.63) is 59.7 Å². The van der Waals surface area contributed by atoms with Crippen LogP contribution in [0, 0.1) is 0 Å². The van der Waals surface area contributed by atoms with Gasteiger partial charge in [-0.05, 0) is 118 Å². The minimum atomic E-state index is -2.59. The van der Waals surface area contributed by atoms with Gasteiger partial charge in [0.1, 0.15) is 0 Å². The van der Waals surface area contributed by atoms with E-state index in [1.165, 1.54) is 0 Å². The standard InChI is InChI=1S/C38H64N6O7Si4/c1-12-14-26-47-33(45)29-17-21-31(22-18-29)40-36-42-35(43-37(44-36)41-32-23-19-30(20-24-32)34(46)48-27-15-13-2)39-25-16-28-55(11,50-53(6,7)8)51-54(9,10)49-52-38(3,4)5/h17-24H,12-16,25-28,52H2,1-11H3,(H3,39,40,41,42,43,44). The number of hydrogen-bond donors (Lipinski definition) is 3. The molecule has 0 amide bonds. The summed E-state index contributed by atoms with van der Waals surface area (Å²) >= 11 is 0. The van der Waals surface area contributed by atoms with Gasteiger partial charge in [-0.1, -0.05) is 47.5 Å². The van der Waals surface area contributed by atoms with Crippen LogP contribution in [0.15, 0.2) is 48.5 Å². The number of nitrogens with one attached hydrogen (secondary N) is 3. The molecule has 1 unspecified atom stereocenters. The van der Waals surface area contributed by atoms with Crippen LogP contribution in [-0.2, 0) is 21.8 Å². The molecule has 13 nitrogen and oxygen atoms in total. The first-order chi connectivity index (χ1) is 25.8. The molecule has 2 aromatic carbocycles. The molecule has 55 heavy (non-hydrogen) atoms.